The lowest BCUT2D eigenvalue weighted by Crippen LogP contribution is -2.10. The van der Waals surface area contributed by atoms with Gasteiger partial charge < -0.3 is 15.2 Å². The quantitative estimate of drug-likeness (QED) is 0.837. The van der Waals surface area contributed by atoms with Gasteiger partial charge in [-0.2, -0.15) is 0 Å². The molecular weight excluding hydrogens is 330 g/mol. The average Bonchev–Trinajstić information content (AvgIpc) is 2.52. The lowest BCUT2D eigenvalue weighted by molar-refractivity contribution is 0.300. The Kier molecular flexibility index (Phi) is 5.65. The number of hydrogen-bond donors (Lipinski definition) is 1. The van der Waals surface area contributed by atoms with Gasteiger partial charge in [0.05, 0.1) is 11.6 Å². The highest BCUT2D eigenvalue weighted by molar-refractivity contribution is 9.10. The second kappa shape index (κ2) is 7.48. The van der Waals surface area contributed by atoms with Crippen LogP contribution in [0.5, 0.6) is 11.5 Å². The second-order valence-corrected chi connectivity index (χ2v) is 5.66. The summed E-state index contributed by atoms with van der Waals surface area (Å²) in [5, 5.41) is 0. The minimum Gasteiger partial charge on any atom is -0.496 e. The summed E-state index contributed by atoms with van der Waals surface area (Å²) in [4.78, 5) is 0. The zero-order valence-corrected chi connectivity index (χ0v) is 13.9. The Morgan fingerprint density at radius 2 is 1.90 bits per heavy atom. The van der Waals surface area contributed by atoms with E-state index >= 15 is 0 Å². The number of benzene rings is 2. The normalized spacial score (nSPS) is 12.0. The molecule has 0 aliphatic carbocycles. The third kappa shape index (κ3) is 3.99. The van der Waals surface area contributed by atoms with E-state index in [1.54, 1.807) is 7.11 Å². The van der Waals surface area contributed by atoms with Gasteiger partial charge in [0.15, 0.2) is 0 Å². The van der Waals surface area contributed by atoms with Crippen LogP contribution >= 0.6 is 15.9 Å². The van der Waals surface area contributed by atoms with Crippen molar-refractivity contribution in [2.75, 3.05) is 7.11 Å². The van der Waals surface area contributed by atoms with Crippen LogP contribution in [0.2, 0.25) is 0 Å². The van der Waals surface area contributed by atoms with Gasteiger partial charge in [0.1, 0.15) is 18.1 Å². The molecule has 0 saturated heterocycles. The fourth-order valence-electron chi connectivity index (χ4n) is 2.10. The van der Waals surface area contributed by atoms with Gasteiger partial charge in [-0.25, -0.2) is 0 Å². The Morgan fingerprint density at radius 1 is 1.14 bits per heavy atom. The Morgan fingerprint density at radius 3 is 2.57 bits per heavy atom. The summed E-state index contributed by atoms with van der Waals surface area (Å²) in [6.07, 6.45) is 0.883. The number of methoxy groups -OCH3 is 1. The molecule has 1 atom stereocenters. The van der Waals surface area contributed by atoms with E-state index < -0.39 is 0 Å². The molecule has 0 aliphatic rings. The Labute approximate surface area is 134 Å². The lowest BCUT2D eigenvalue weighted by atomic mass is 10.0. The fraction of sp³-hybridized carbons (Fsp3) is 0.294. The molecule has 112 valence electrons. The lowest BCUT2D eigenvalue weighted by Gasteiger charge is -2.16. The van der Waals surface area contributed by atoms with E-state index in [2.05, 4.69) is 22.9 Å². The number of halogens is 1. The Hall–Kier alpha value is -1.52. The predicted molar refractivity (Wildman–Crippen MR) is 88.7 cm³/mol. The van der Waals surface area contributed by atoms with Gasteiger partial charge in [-0.15, -0.1) is 0 Å². The maximum Gasteiger partial charge on any atom is 0.133 e. The van der Waals surface area contributed by atoms with Crippen molar-refractivity contribution in [3.05, 3.63) is 58.1 Å². The van der Waals surface area contributed by atoms with E-state index in [0.29, 0.717) is 6.61 Å². The van der Waals surface area contributed by atoms with Crippen LogP contribution in [0, 0.1) is 0 Å². The first kappa shape index (κ1) is 15.9. The Balaban J connectivity index is 2.11. The van der Waals surface area contributed by atoms with Gasteiger partial charge in [0.2, 0.25) is 0 Å². The molecule has 0 unspecified atom stereocenters. The molecule has 0 saturated carbocycles. The van der Waals surface area contributed by atoms with Gasteiger partial charge in [-0.3, -0.25) is 0 Å². The summed E-state index contributed by atoms with van der Waals surface area (Å²) in [6.45, 7) is 2.57. The van der Waals surface area contributed by atoms with Crippen molar-refractivity contribution in [3.63, 3.8) is 0 Å². The van der Waals surface area contributed by atoms with Crippen molar-refractivity contribution in [1.29, 1.82) is 0 Å². The highest BCUT2D eigenvalue weighted by Crippen LogP contribution is 2.28. The SMILES string of the molecule is CC[C@H](N)c1ccccc1OCc1ccc(OC)c(Br)c1. The first-order chi connectivity index (χ1) is 10.2. The molecule has 3 nitrogen and oxygen atoms in total. The third-order valence-corrected chi connectivity index (χ3v) is 3.99. The van der Waals surface area contributed by atoms with E-state index in [9.17, 15) is 0 Å². The van der Waals surface area contributed by atoms with Crippen LogP contribution in [-0.4, -0.2) is 7.11 Å². The number of para-hydroxylation sites is 1. The van der Waals surface area contributed by atoms with Crippen molar-refractivity contribution in [3.8, 4) is 11.5 Å². The summed E-state index contributed by atoms with van der Waals surface area (Å²) >= 11 is 3.48. The number of nitrogens with two attached hydrogens (primary N) is 1. The molecule has 0 spiro atoms. The molecular formula is C17H20BrNO2. The maximum atomic E-state index is 6.12. The van der Waals surface area contributed by atoms with Crippen LogP contribution in [-0.2, 0) is 6.61 Å². The topological polar surface area (TPSA) is 44.5 Å². The molecule has 0 amide bonds. The molecule has 0 radical (unpaired) electrons. The molecule has 2 rings (SSSR count). The van der Waals surface area contributed by atoms with E-state index in [4.69, 9.17) is 15.2 Å². The van der Waals surface area contributed by atoms with Crippen LogP contribution in [0.3, 0.4) is 0 Å². The zero-order valence-electron chi connectivity index (χ0n) is 12.3. The van der Waals surface area contributed by atoms with E-state index in [-0.39, 0.29) is 6.04 Å². The van der Waals surface area contributed by atoms with E-state index in [0.717, 1.165) is 33.5 Å². The zero-order chi connectivity index (χ0) is 15.2. The first-order valence-electron chi connectivity index (χ1n) is 6.95. The highest BCUT2D eigenvalue weighted by atomic mass is 79.9. The van der Waals surface area contributed by atoms with Gasteiger partial charge in [-0.05, 0) is 46.1 Å². The third-order valence-electron chi connectivity index (χ3n) is 3.37. The van der Waals surface area contributed by atoms with Crippen LogP contribution in [0.25, 0.3) is 0 Å². The van der Waals surface area contributed by atoms with Gasteiger partial charge in [-0.1, -0.05) is 31.2 Å². The molecule has 2 aromatic carbocycles. The van der Waals surface area contributed by atoms with Crippen molar-refractivity contribution >= 4 is 15.9 Å². The summed E-state index contributed by atoms with van der Waals surface area (Å²) < 4.78 is 12.1. The fourth-order valence-corrected chi connectivity index (χ4v) is 2.69. The molecule has 2 N–H and O–H groups in total. The molecule has 4 heteroatoms. The maximum absolute atomic E-state index is 6.12. The van der Waals surface area contributed by atoms with Crippen molar-refractivity contribution in [1.82, 2.24) is 0 Å². The molecule has 0 heterocycles. The number of ether oxygens (including phenoxy) is 2. The molecule has 0 bridgehead atoms. The minimum atomic E-state index is 0.00352. The van der Waals surface area contributed by atoms with Gasteiger partial charge >= 0.3 is 0 Å². The summed E-state index contributed by atoms with van der Waals surface area (Å²) in [6, 6.07) is 13.9. The van der Waals surface area contributed by atoms with Gasteiger partial charge in [0.25, 0.3) is 0 Å². The molecule has 2 aromatic rings. The monoisotopic (exact) mass is 349 g/mol. The Bertz CT molecular complexity index is 601. The summed E-state index contributed by atoms with van der Waals surface area (Å²) in [5.41, 5.74) is 8.24. The van der Waals surface area contributed by atoms with Crippen molar-refractivity contribution < 1.29 is 9.47 Å². The van der Waals surface area contributed by atoms with Crippen molar-refractivity contribution in [2.45, 2.75) is 26.0 Å². The van der Waals surface area contributed by atoms with Crippen molar-refractivity contribution in [2.24, 2.45) is 5.73 Å². The summed E-state index contributed by atoms with van der Waals surface area (Å²) in [5.74, 6) is 1.66. The molecule has 0 aliphatic heterocycles. The predicted octanol–water partition coefficient (Wildman–Crippen LogP) is 4.45. The minimum absolute atomic E-state index is 0.00352. The van der Waals surface area contributed by atoms with Crippen LogP contribution < -0.4 is 15.2 Å². The highest BCUT2D eigenvalue weighted by Gasteiger charge is 2.10. The van der Waals surface area contributed by atoms with E-state index in [1.807, 2.05) is 42.5 Å². The van der Waals surface area contributed by atoms with Crippen LogP contribution in [0.1, 0.15) is 30.5 Å². The molecule has 0 fully saturated rings. The second-order valence-electron chi connectivity index (χ2n) is 4.81. The van der Waals surface area contributed by atoms with Gasteiger partial charge in [0, 0.05) is 11.6 Å². The molecule has 21 heavy (non-hydrogen) atoms. The smallest absolute Gasteiger partial charge is 0.133 e. The largest absolute Gasteiger partial charge is 0.496 e. The van der Waals surface area contributed by atoms with Crippen LogP contribution in [0.15, 0.2) is 46.9 Å². The summed E-state index contributed by atoms with van der Waals surface area (Å²) in [7, 11) is 1.65. The average molecular weight is 350 g/mol. The number of hydrogen-bond acceptors (Lipinski definition) is 3. The first-order valence-corrected chi connectivity index (χ1v) is 7.74. The molecule has 0 aromatic heterocycles. The van der Waals surface area contributed by atoms with E-state index in [1.165, 1.54) is 0 Å². The van der Waals surface area contributed by atoms with Crippen LogP contribution in [0.4, 0.5) is 0 Å². The number of rotatable bonds is 6. The standard InChI is InChI=1S/C17H20BrNO2/c1-3-15(19)13-6-4-5-7-16(13)21-11-12-8-9-17(20-2)14(18)10-12/h4-10,15H,3,11,19H2,1-2H3/t15-/m0/s1.